The van der Waals surface area contributed by atoms with Gasteiger partial charge in [0.1, 0.15) is 0 Å². The van der Waals surface area contributed by atoms with Crippen LogP contribution in [-0.2, 0) is 4.79 Å². The maximum absolute atomic E-state index is 11.6. The third-order valence-corrected chi connectivity index (χ3v) is 3.40. The molecule has 1 unspecified atom stereocenters. The molecule has 1 atom stereocenters. The van der Waals surface area contributed by atoms with Crippen LogP contribution in [0.15, 0.2) is 0 Å². The summed E-state index contributed by atoms with van der Waals surface area (Å²) in [6.45, 7) is 6.10. The number of amides is 1. The molecule has 0 aromatic rings. The highest BCUT2D eigenvalue weighted by Gasteiger charge is 2.27. The first kappa shape index (κ1) is 12.5. The monoisotopic (exact) mass is 213 g/mol. The summed E-state index contributed by atoms with van der Waals surface area (Å²) < 4.78 is 0. The van der Waals surface area contributed by atoms with Gasteiger partial charge in [0.15, 0.2) is 0 Å². The molecule has 1 fully saturated rings. The van der Waals surface area contributed by atoms with Crippen molar-refractivity contribution >= 4 is 5.91 Å². The molecule has 3 N–H and O–H groups in total. The average molecular weight is 213 g/mol. The highest BCUT2D eigenvalue weighted by Crippen LogP contribution is 2.27. The van der Waals surface area contributed by atoms with Crippen molar-refractivity contribution in [1.82, 2.24) is 10.3 Å². The number of carbonyl (C=O) groups is 1. The number of likely N-dealkylation sites (N-methyl/N-ethyl adjacent to an activating group) is 1. The maximum atomic E-state index is 11.6. The van der Waals surface area contributed by atoms with E-state index in [4.69, 9.17) is 5.84 Å². The van der Waals surface area contributed by atoms with Gasteiger partial charge in [-0.15, -0.1) is 0 Å². The van der Waals surface area contributed by atoms with E-state index in [1.807, 2.05) is 6.92 Å². The molecule has 0 aliphatic heterocycles. The van der Waals surface area contributed by atoms with Crippen LogP contribution < -0.4 is 11.3 Å². The second kappa shape index (κ2) is 6.08. The van der Waals surface area contributed by atoms with Crippen molar-refractivity contribution in [3.05, 3.63) is 0 Å². The lowest BCUT2D eigenvalue weighted by molar-refractivity contribution is -0.127. The lowest BCUT2D eigenvalue weighted by atomic mass is 9.84. The molecule has 1 amide bonds. The van der Waals surface area contributed by atoms with Crippen LogP contribution in [-0.4, -0.2) is 29.9 Å². The van der Waals surface area contributed by atoms with Crippen LogP contribution in [0.5, 0.6) is 0 Å². The molecule has 88 valence electrons. The molecule has 4 heteroatoms. The summed E-state index contributed by atoms with van der Waals surface area (Å²) >= 11 is 0. The summed E-state index contributed by atoms with van der Waals surface area (Å²) in [7, 11) is 0. The molecule has 1 aliphatic carbocycles. The van der Waals surface area contributed by atoms with Crippen molar-refractivity contribution < 1.29 is 4.79 Å². The minimum atomic E-state index is -0.0568. The summed E-state index contributed by atoms with van der Waals surface area (Å²) in [4.78, 5) is 13.8. The number of rotatable bonds is 6. The number of nitrogens with zero attached hydrogens (tertiary/aromatic N) is 1. The molecular formula is C11H23N3O. The van der Waals surface area contributed by atoms with Crippen LogP contribution in [0.1, 0.15) is 39.5 Å². The molecule has 0 bridgehead atoms. The fourth-order valence-corrected chi connectivity index (χ4v) is 2.19. The Kier molecular flexibility index (Phi) is 5.05. The van der Waals surface area contributed by atoms with Gasteiger partial charge in [-0.3, -0.25) is 15.1 Å². The Morgan fingerprint density at radius 2 is 2.20 bits per heavy atom. The highest BCUT2D eigenvalue weighted by atomic mass is 16.2. The smallest absolute Gasteiger partial charge is 0.251 e. The SMILES string of the molecule is CCC(C(=O)NN)N(CC)CC1CCC1. The Balaban J connectivity index is 2.48. The number of nitrogens with two attached hydrogens (primary N) is 1. The van der Waals surface area contributed by atoms with Crippen LogP contribution in [0, 0.1) is 5.92 Å². The maximum Gasteiger partial charge on any atom is 0.251 e. The molecule has 4 nitrogen and oxygen atoms in total. The minimum Gasteiger partial charge on any atom is -0.293 e. The Morgan fingerprint density at radius 3 is 2.53 bits per heavy atom. The molecule has 0 aromatic heterocycles. The minimum absolute atomic E-state index is 0.0550. The van der Waals surface area contributed by atoms with Gasteiger partial charge in [0.25, 0.3) is 5.91 Å². The molecule has 0 spiro atoms. The highest BCUT2D eigenvalue weighted by molar-refractivity contribution is 5.81. The summed E-state index contributed by atoms with van der Waals surface area (Å²) in [5.74, 6) is 5.93. The predicted molar refractivity (Wildman–Crippen MR) is 61.0 cm³/mol. The third kappa shape index (κ3) is 3.18. The summed E-state index contributed by atoms with van der Waals surface area (Å²) in [6.07, 6.45) is 4.81. The van der Waals surface area contributed by atoms with E-state index in [9.17, 15) is 4.79 Å². The van der Waals surface area contributed by atoms with Crippen molar-refractivity contribution in [3.63, 3.8) is 0 Å². The van der Waals surface area contributed by atoms with E-state index in [0.29, 0.717) is 0 Å². The zero-order valence-corrected chi connectivity index (χ0v) is 9.83. The Bertz CT molecular complexity index is 204. The van der Waals surface area contributed by atoms with E-state index in [1.54, 1.807) is 0 Å². The van der Waals surface area contributed by atoms with E-state index < -0.39 is 0 Å². The normalized spacial score (nSPS) is 18.7. The number of carbonyl (C=O) groups excluding carboxylic acids is 1. The molecule has 15 heavy (non-hydrogen) atoms. The Morgan fingerprint density at radius 1 is 1.53 bits per heavy atom. The number of hydrogen-bond acceptors (Lipinski definition) is 3. The third-order valence-electron chi connectivity index (χ3n) is 3.40. The quantitative estimate of drug-likeness (QED) is 0.391. The molecule has 1 aliphatic rings. The zero-order valence-electron chi connectivity index (χ0n) is 9.83. The topological polar surface area (TPSA) is 58.4 Å². The molecule has 1 saturated carbocycles. The van der Waals surface area contributed by atoms with Gasteiger partial charge in [0, 0.05) is 6.54 Å². The van der Waals surface area contributed by atoms with Crippen molar-refractivity contribution in [2.24, 2.45) is 11.8 Å². The van der Waals surface area contributed by atoms with Crippen molar-refractivity contribution in [3.8, 4) is 0 Å². The van der Waals surface area contributed by atoms with Crippen LogP contribution in [0.3, 0.4) is 0 Å². The summed E-state index contributed by atoms with van der Waals surface area (Å²) in [6, 6.07) is -0.0550. The average Bonchev–Trinajstić information content (AvgIpc) is 2.20. The second-order valence-corrected chi connectivity index (χ2v) is 4.32. The molecule has 0 radical (unpaired) electrons. The second-order valence-electron chi connectivity index (χ2n) is 4.32. The molecule has 0 heterocycles. The first-order valence-corrected chi connectivity index (χ1v) is 5.97. The largest absolute Gasteiger partial charge is 0.293 e. The van der Waals surface area contributed by atoms with Crippen molar-refractivity contribution in [1.29, 1.82) is 0 Å². The van der Waals surface area contributed by atoms with Crippen molar-refractivity contribution in [2.45, 2.75) is 45.6 Å². The van der Waals surface area contributed by atoms with E-state index in [-0.39, 0.29) is 11.9 Å². The summed E-state index contributed by atoms with van der Waals surface area (Å²) in [5, 5.41) is 0. The van der Waals surface area contributed by atoms with Crippen LogP contribution in [0.2, 0.25) is 0 Å². The number of nitrogens with one attached hydrogen (secondary N) is 1. The van der Waals surface area contributed by atoms with Gasteiger partial charge >= 0.3 is 0 Å². The van der Waals surface area contributed by atoms with Crippen molar-refractivity contribution in [2.75, 3.05) is 13.1 Å². The van der Waals surface area contributed by atoms with E-state index in [1.165, 1.54) is 19.3 Å². The molecule has 0 aromatic carbocycles. The lowest BCUT2D eigenvalue weighted by Crippen LogP contribution is -2.50. The van der Waals surface area contributed by atoms with Gasteiger partial charge in [-0.1, -0.05) is 20.3 Å². The van der Waals surface area contributed by atoms with Crippen LogP contribution in [0.25, 0.3) is 0 Å². The van der Waals surface area contributed by atoms with Gasteiger partial charge in [0.05, 0.1) is 6.04 Å². The Hall–Kier alpha value is -0.610. The fourth-order valence-electron chi connectivity index (χ4n) is 2.19. The van der Waals surface area contributed by atoms with E-state index in [2.05, 4.69) is 17.2 Å². The Labute approximate surface area is 92.2 Å². The van der Waals surface area contributed by atoms with Gasteiger partial charge in [-0.2, -0.15) is 0 Å². The van der Waals surface area contributed by atoms with Crippen LogP contribution >= 0.6 is 0 Å². The standard InChI is InChI=1S/C11H23N3O/c1-3-10(11(15)13-12)14(4-2)8-9-6-5-7-9/h9-10H,3-8,12H2,1-2H3,(H,13,15). The number of hydrogen-bond donors (Lipinski definition) is 2. The van der Waals surface area contributed by atoms with E-state index in [0.717, 1.165) is 25.4 Å². The van der Waals surface area contributed by atoms with Gasteiger partial charge in [0.2, 0.25) is 0 Å². The summed E-state index contributed by atoms with van der Waals surface area (Å²) in [5.41, 5.74) is 2.26. The first-order valence-electron chi connectivity index (χ1n) is 5.97. The molecular weight excluding hydrogens is 190 g/mol. The van der Waals surface area contributed by atoms with E-state index >= 15 is 0 Å². The zero-order chi connectivity index (χ0) is 11.3. The van der Waals surface area contributed by atoms with Gasteiger partial charge < -0.3 is 0 Å². The van der Waals surface area contributed by atoms with Gasteiger partial charge in [-0.05, 0) is 31.7 Å². The lowest BCUT2D eigenvalue weighted by Gasteiger charge is -2.35. The van der Waals surface area contributed by atoms with Gasteiger partial charge in [-0.25, -0.2) is 5.84 Å². The predicted octanol–water partition coefficient (Wildman–Crippen LogP) is 0.877. The molecule has 0 saturated heterocycles. The molecule has 1 rings (SSSR count). The first-order chi connectivity index (χ1) is 7.22. The van der Waals surface area contributed by atoms with Crippen LogP contribution in [0.4, 0.5) is 0 Å². The fraction of sp³-hybridized carbons (Fsp3) is 0.909. The number of hydrazine groups is 1.